The molecule has 7 nitrogen and oxygen atoms in total. The number of carboxylic acids is 1. The van der Waals surface area contributed by atoms with Crippen LogP contribution in [0.25, 0.3) is 11.3 Å². The van der Waals surface area contributed by atoms with Crippen LogP contribution in [-0.4, -0.2) is 41.0 Å². The Labute approximate surface area is 203 Å². The number of hydrogen-bond donors (Lipinski definition) is 3. The summed E-state index contributed by atoms with van der Waals surface area (Å²) in [7, 11) is 4.03. The number of halogens is 1. The molecule has 1 aliphatic heterocycles. The molecule has 0 saturated carbocycles. The van der Waals surface area contributed by atoms with Crippen LogP contribution in [0.1, 0.15) is 28.7 Å². The monoisotopic (exact) mass is 476 g/mol. The van der Waals surface area contributed by atoms with Crippen molar-refractivity contribution in [1.29, 1.82) is 0 Å². The second kappa shape index (κ2) is 10.1. The molecule has 4 rings (SSSR count). The predicted octanol–water partition coefficient (Wildman–Crippen LogP) is 4.75. The Morgan fingerprint density at radius 1 is 1.09 bits per heavy atom. The van der Waals surface area contributed by atoms with Crippen molar-refractivity contribution in [3.8, 4) is 0 Å². The third-order valence-corrected chi connectivity index (χ3v) is 5.64. The first-order valence-corrected chi connectivity index (χ1v) is 11.2. The molecule has 0 radical (unpaired) electrons. The predicted molar refractivity (Wildman–Crippen MR) is 135 cm³/mol. The second-order valence-electron chi connectivity index (χ2n) is 8.43. The highest BCUT2D eigenvalue weighted by atomic mass is 35.5. The van der Waals surface area contributed by atoms with Crippen LogP contribution in [0.2, 0.25) is 5.02 Å². The topological polar surface area (TPSA) is 94.6 Å². The van der Waals surface area contributed by atoms with Gasteiger partial charge in [0, 0.05) is 47.2 Å². The van der Waals surface area contributed by atoms with Gasteiger partial charge >= 0.3 is 5.97 Å². The average Bonchev–Trinajstić information content (AvgIpc) is 3.11. The van der Waals surface area contributed by atoms with E-state index >= 15 is 0 Å². The lowest BCUT2D eigenvalue weighted by molar-refractivity contribution is -0.137. The van der Waals surface area contributed by atoms with E-state index in [1.54, 1.807) is 24.5 Å². The first-order valence-electron chi connectivity index (χ1n) is 10.8. The van der Waals surface area contributed by atoms with Crippen LogP contribution in [0.4, 0.5) is 11.4 Å². The lowest BCUT2D eigenvalue weighted by Crippen LogP contribution is -2.11. The molecule has 0 bridgehead atoms. The molecule has 2 aromatic carbocycles. The van der Waals surface area contributed by atoms with Gasteiger partial charge in [0.1, 0.15) is 0 Å². The molecular formula is C26H25ClN4O3. The number of amides is 1. The Morgan fingerprint density at radius 3 is 2.56 bits per heavy atom. The van der Waals surface area contributed by atoms with Crippen molar-refractivity contribution < 1.29 is 14.7 Å². The molecule has 0 unspecified atom stereocenters. The van der Waals surface area contributed by atoms with Gasteiger partial charge in [-0.2, -0.15) is 0 Å². The van der Waals surface area contributed by atoms with E-state index in [4.69, 9.17) is 16.7 Å². The molecule has 1 aromatic heterocycles. The van der Waals surface area contributed by atoms with E-state index in [0.717, 1.165) is 23.4 Å². The zero-order valence-corrected chi connectivity index (χ0v) is 19.7. The molecule has 0 aliphatic carbocycles. The molecule has 1 aliphatic rings. The number of pyridine rings is 1. The number of anilines is 2. The van der Waals surface area contributed by atoms with E-state index < -0.39 is 5.97 Å². The fraction of sp³-hybridized carbons (Fsp3) is 0.192. The molecule has 2 heterocycles. The molecule has 3 N–H and O–H groups in total. The molecule has 0 fully saturated rings. The maximum absolute atomic E-state index is 13.1. The summed E-state index contributed by atoms with van der Waals surface area (Å²) in [5.74, 6) is -1.12. The largest absolute Gasteiger partial charge is 0.481 e. The summed E-state index contributed by atoms with van der Waals surface area (Å²) in [5, 5.41) is 15.9. The van der Waals surface area contributed by atoms with Gasteiger partial charge in [-0.25, -0.2) is 0 Å². The number of carbonyl (C=O) groups excluding carboxylic acids is 1. The maximum atomic E-state index is 13.1. The number of carbonyl (C=O) groups is 2. The molecule has 3 aromatic rings. The number of fused-ring (bicyclic) bond motifs is 1. The summed E-state index contributed by atoms with van der Waals surface area (Å²) in [6, 6.07) is 15.2. The Kier molecular flexibility index (Phi) is 6.95. The Hall–Kier alpha value is -3.68. The van der Waals surface area contributed by atoms with Gasteiger partial charge < -0.3 is 20.6 Å². The van der Waals surface area contributed by atoms with Crippen LogP contribution >= 0.6 is 11.6 Å². The summed E-state index contributed by atoms with van der Waals surface area (Å²) >= 11 is 6.13. The minimum absolute atomic E-state index is 0.000375. The number of benzene rings is 2. The summed E-state index contributed by atoms with van der Waals surface area (Å²) in [4.78, 5) is 30.5. The SMILES string of the molecule is CN(C)Cc1ccc(NC(=C2C(=O)Nc3cc(Cl)ccc32)c2cncc(CCC(=O)O)c2)cc1. The molecule has 34 heavy (non-hydrogen) atoms. The number of rotatable bonds is 8. The van der Waals surface area contributed by atoms with Crippen molar-refractivity contribution in [1.82, 2.24) is 9.88 Å². The fourth-order valence-corrected chi connectivity index (χ4v) is 4.06. The van der Waals surface area contributed by atoms with E-state index in [-0.39, 0.29) is 12.3 Å². The number of aliphatic carboxylic acids is 1. The summed E-state index contributed by atoms with van der Waals surface area (Å²) in [5.41, 5.74) is 5.88. The molecular weight excluding hydrogens is 452 g/mol. The smallest absolute Gasteiger partial charge is 0.303 e. The highest BCUT2D eigenvalue weighted by Crippen LogP contribution is 2.38. The van der Waals surface area contributed by atoms with Gasteiger partial charge in [-0.15, -0.1) is 0 Å². The Balaban J connectivity index is 1.78. The normalized spacial score (nSPS) is 14.1. The van der Waals surface area contributed by atoms with Crippen LogP contribution in [-0.2, 0) is 22.6 Å². The highest BCUT2D eigenvalue weighted by Gasteiger charge is 2.29. The van der Waals surface area contributed by atoms with E-state index in [2.05, 4.69) is 20.5 Å². The summed E-state index contributed by atoms with van der Waals surface area (Å²) < 4.78 is 0. The number of carboxylic acid groups (broad SMARTS) is 1. The number of nitrogens with one attached hydrogen (secondary N) is 2. The highest BCUT2D eigenvalue weighted by molar-refractivity contribution is 6.38. The van der Waals surface area contributed by atoms with Gasteiger partial charge in [-0.05, 0) is 62.0 Å². The standard InChI is InChI=1S/C26H25ClN4O3/c1-31(2)15-16-3-7-20(8-4-16)29-25(18-11-17(13-28-14-18)5-10-23(32)33)24-21-9-6-19(27)12-22(21)30-26(24)34/h3-4,6-9,11-14,29H,5,10,15H2,1-2H3,(H,30,34)(H,32,33). The summed E-state index contributed by atoms with van der Waals surface area (Å²) in [6.07, 6.45) is 3.66. The van der Waals surface area contributed by atoms with Gasteiger partial charge in [0.2, 0.25) is 0 Å². The first-order chi connectivity index (χ1) is 16.3. The van der Waals surface area contributed by atoms with Crippen LogP contribution in [0, 0.1) is 0 Å². The van der Waals surface area contributed by atoms with Crippen molar-refractivity contribution in [2.75, 3.05) is 24.7 Å². The van der Waals surface area contributed by atoms with E-state index in [1.165, 1.54) is 5.56 Å². The van der Waals surface area contributed by atoms with Crippen LogP contribution < -0.4 is 10.6 Å². The van der Waals surface area contributed by atoms with Crippen LogP contribution in [0.5, 0.6) is 0 Å². The lowest BCUT2D eigenvalue weighted by atomic mass is 9.99. The minimum Gasteiger partial charge on any atom is -0.481 e. The van der Waals surface area contributed by atoms with Crippen molar-refractivity contribution in [2.24, 2.45) is 0 Å². The van der Waals surface area contributed by atoms with Gasteiger partial charge in [-0.3, -0.25) is 14.6 Å². The molecule has 1 amide bonds. The lowest BCUT2D eigenvalue weighted by Gasteiger charge is -2.16. The van der Waals surface area contributed by atoms with Gasteiger partial charge in [0.05, 0.1) is 17.0 Å². The zero-order valence-electron chi connectivity index (χ0n) is 18.9. The zero-order chi connectivity index (χ0) is 24.2. The quantitative estimate of drug-likeness (QED) is 0.406. The fourth-order valence-electron chi connectivity index (χ4n) is 3.89. The first kappa shape index (κ1) is 23.5. The minimum atomic E-state index is -0.874. The van der Waals surface area contributed by atoms with Gasteiger partial charge in [-0.1, -0.05) is 29.8 Å². The van der Waals surface area contributed by atoms with E-state index in [0.29, 0.717) is 34.0 Å². The number of aromatic nitrogens is 1. The van der Waals surface area contributed by atoms with Gasteiger partial charge in [0.15, 0.2) is 0 Å². The molecule has 174 valence electrons. The van der Waals surface area contributed by atoms with Crippen LogP contribution in [0.3, 0.4) is 0 Å². The van der Waals surface area contributed by atoms with Crippen molar-refractivity contribution in [3.05, 3.63) is 88.2 Å². The molecule has 0 atom stereocenters. The Bertz CT molecular complexity index is 1270. The van der Waals surface area contributed by atoms with E-state index in [9.17, 15) is 9.59 Å². The van der Waals surface area contributed by atoms with Crippen molar-refractivity contribution in [3.63, 3.8) is 0 Å². The van der Waals surface area contributed by atoms with Crippen molar-refractivity contribution >= 4 is 46.1 Å². The molecule has 8 heteroatoms. The number of aryl methyl sites for hydroxylation is 1. The third kappa shape index (κ3) is 5.44. The van der Waals surface area contributed by atoms with Crippen LogP contribution in [0.15, 0.2) is 60.9 Å². The third-order valence-electron chi connectivity index (χ3n) is 5.41. The maximum Gasteiger partial charge on any atom is 0.303 e. The second-order valence-corrected chi connectivity index (χ2v) is 8.87. The molecule has 0 spiro atoms. The summed E-state index contributed by atoms with van der Waals surface area (Å²) in [6.45, 7) is 0.820. The Morgan fingerprint density at radius 2 is 1.85 bits per heavy atom. The average molecular weight is 477 g/mol. The number of nitrogens with zero attached hydrogens (tertiary/aromatic N) is 2. The van der Waals surface area contributed by atoms with Crippen molar-refractivity contribution in [2.45, 2.75) is 19.4 Å². The van der Waals surface area contributed by atoms with Gasteiger partial charge in [0.25, 0.3) is 5.91 Å². The number of hydrogen-bond acceptors (Lipinski definition) is 5. The van der Waals surface area contributed by atoms with E-state index in [1.807, 2.05) is 50.5 Å². The molecule has 0 saturated heterocycles.